The molecule has 0 spiro atoms. The van der Waals surface area contributed by atoms with E-state index in [2.05, 4.69) is 17.0 Å². The Morgan fingerprint density at radius 3 is 3.07 bits per heavy atom. The number of nitrogens with zero attached hydrogens (tertiary/aromatic N) is 4. The van der Waals surface area contributed by atoms with Crippen molar-refractivity contribution in [1.29, 1.82) is 0 Å². The molecule has 6 heteroatoms. The number of hydrogen-bond donors (Lipinski definition) is 0. The van der Waals surface area contributed by atoms with E-state index in [1.165, 1.54) is 12.4 Å². The summed E-state index contributed by atoms with van der Waals surface area (Å²) >= 11 is 0. The van der Waals surface area contributed by atoms with E-state index >= 15 is 0 Å². The second-order valence-electron chi connectivity index (χ2n) is 3.99. The largest absolute Gasteiger partial charge is 0.307 e. The van der Waals surface area contributed by atoms with Gasteiger partial charge in [0.15, 0.2) is 0 Å². The summed E-state index contributed by atoms with van der Waals surface area (Å²) in [4.78, 5) is 12.3. The van der Waals surface area contributed by atoms with Gasteiger partial charge in [-0.05, 0) is 26.4 Å². The van der Waals surface area contributed by atoms with Crippen LogP contribution in [0, 0.1) is 10.1 Å². The SMILES string of the molecule is CN1CCCC(n2cc([N+](=O)[O-])cn2)C1. The summed E-state index contributed by atoms with van der Waals surface area (Å²) in [5, 5.41) is 14.5. The molecule has 2 rings (SSSR count). The van der Waals surface area contributed by atoms with E-state index < -0.39 is 4.92 Å². The van der Waals surface area contributed by atoms with Crippen LogP contribution in [-0.2, 0) is 0 Å². The summed E-state index contributed by atoms with van der Waals surface area (Å²) in [6.07, 6.45) is 5.00. The molecular formula is C9H14N4O2. The summed E-state index contributed by atoms with van der Waals surface area (Å²) in [6.45, 7) is 2.01. The van der Waals surface area contributed by atoms with Crippen LogP contribution in [0.1, 0.15) is 18.9 Å². The lowest BCUT2D eigenvalue weighted by Crippen LogP contribution is -2.33. The molecule has 1 aliphatic heterocycles. The van der Waals surface area contributed by atoms with Gasteiger partial charge < -0.3 is 4.90 Å². The quantitative estimate of drug-likeness (QED) is 0.540. The Morgan fingerprint density at radius 1 is 1.67 bits per heavy atom. The first kappa shape index (κ1) is 10.1. The molecule has 6 nitrogen and oxygen atoms in total. The fourth-order valence-corrected chi connectivity index (χ4v) is 1.98. The van der Waals surface area contributed by atoms with E-state index in [1.54, 1.807) is 4.68 Å². The van der Waals surface area contributed by atoms with E-state index in [9.17, 15) is 10.1 Å². The minimum atomic E-state index is -0.407. The van der Waals surface area contributed by atoms with Crippen molar-refractivity contribution in [1.82, 2.24) is 14.7 Å². The molecule has 82 valence electrons. The fourth-order valence-electron chi connectivity index (χ4n) is 1.98. The molecule has 0 radical (unpaired) electrons. The Morgan fingerprint density at radius 2 is 2.47 bits per heavy atom. The fraction of sp³-hybridized carbons (Fsp3) is 0.667. The van der Waals surface area contributed by atoms with Crippen molar-refractivity contribution in [2.24, 2.45) is 0 Å². The minimum absolute atomic E-state index is 0.0724. The van der Waals surface area contributed by atoms with E-state index in [0.717, 1.165) is 25.9 Å². The normalized spacial score (nSPS) is 22.9. The zero-order valence-electron chi connectivity index (χ0n) is 8.67. The smallest absolute Gasteiger partial charge is 0.304 e. The standard InChI is InChI=1S/C9H14N4O2/c1-11-4-2-3-8(6-11)12-7-9(5-10-12)13(14)15/h5,7-8H,2-4,6H2,1H3. The van der Waals surface area contributed by atoms with Crippen molar-refractivity contribution in [2.45, 2.75) is 18.9 Å². The lowest BCUT2D eigenvalue weighted by Gasteiger charge is -2.29. The van der Waals surface area contributed by atoms with Gasteiger partial charge in [0.05, 0.1) is 11.0 Å². The molecule has 0 bridgehead atoms. The number of nitro groups is 1. The lowest BCUT2D eigenvalue weighted by atomic mass is 10.1. The van der Waals surface area contributed by atoms with Crippen LogP contribution in [0.3, 0.4) is 0 Å². The number of aromatic nitrogens is 2. The Bertz CT molecular complexity index is 363. The molecule has 1 unspecified atom stereocenters. The van der Waals surface area contributed by atoms with Crippen molar-refractivity contribution in [3.63, 3.8) is 0 Å². The Hall–Kier alpha value is -1.43. The van der Waals surface area contributed by atoms with Crippen LogP contribution < -0.4 is 0 Å². The van der Waals surface area contributed by atoms with Crippen LogP contribution in [0.2, 0.25) is 0 Å². The first-order valence-corrected chi connectivity index (χ1v) is 5.04. The predicted molar refractivity (Wildman–Crippen MR) is 54.6 cm³/mol. The second kappa shape index (κ2) is 3.98. The van der Waals surface area contributed by atoms with Gasteiger partial charge in [-0.1, -0.05) is 0 Å². The Labute approximate surface area is 87.6 Å². The molecule has 15 heavy (non-hydrogen) atoms. The average molecular weight is 210 g/mol. The van der Waals surface area contributed by atoms with Crippen LogP contribution >= 0.6 is 0 Å². The highest BCUT2D eigenvalue weighted by Crippen LogP contribution is 2.21. The molecule has 0 amide bonds. The summed E-state index contributed by atoms with van der Waals surface area (Å²) in [6, 6.07) is 0.275. The molecular weight excluding hydrogens is 196 g/mol. The van der Waals surface area contributed by atoms with Crippen LogP contribution in [0.5, 0.6) is 0 Å². The summed E-state index contributed by atoms with van der Waals surface area (Å²) in [5.41, 5.74) is 0.0724. The Kier molecular flexibility index (Phi) is 2.68. The third-order valence-corrected chi connectivity index (χ3v) is 2.77. The highest BCUT2D eigenvalue weighted by atomic mass is 16.6. The summed E-state index contributed by atoms with van der Waals surface area (Å²) in [5.74, 6) is 0. The van der Waals surface area contributed by atoms with Gasteiger partial charge in [-0.3, -0.25) is 14.8 Å². The molecule has 0 saturated carbocycles. The zero-order valence-corrected chi connectivity index (χ0v) is 8.67. The minimum Gasteiger partial charge on any atom is -0.304 e. The molecule has 1 aromatic heterocycles. The van der Waals surface area contributed by atoms with Gasteiger partial charge in [0, 0.05) is 6.54 Å². The van der Waals surface area contributed by atoms with Crippen molar-refractivity contribution in [2.75, 3.05) is 20.1 Å². The van der Waals surface area contributed by atoms with Gasteiger partial charge >= 0.3 is 5.69 Å². The van der Waals surface area contributed by atoms with Gasteiger partial charge in [0.1, 0.15) is 12.4 Å². The van der Waals surface area contributed by atoms with Crippen molar-refractivity contribution in [3.8, 4) is 0 Å². The molecule has 0 aromatic carbocycles. The average Bonchev–Trinajstić information content (AvgIpc) is 2.66. The van der Waals surface area contributed by atoms with Gasteiger partial charge in [-0.25, -0.2) is 0 Å². The summed E-state index contributed by atoms with van der Waals surface area (Å²) in [7, 11) is 2.06. The van der Waals surface area contributed by atoms with Crippen molar-refractivity contribution < 1.29 is 4.92 Å². The molecule has 0 N–H and O–H groups in total. The maximum Gasteiger partial charge on any atom is 0.307 e. The maximum absolute atomic E-state index is 10.5. The van der Waals surface area contributed by atoms with Crippen LogP contribution in [0.4, 0.5) is 5.69 Å². The van der Waals surface area contributed by atoms with Gasteiger partial charge in [0.25, 0.3) is 0 Å². The van der Waals surface area contributed by atoms with Crippen molar-refractivity contribution >= 4 is 5.69 Å². The van der Waals surface area contributed by atoms with E-state index in [0.29, 0.717) is 0 Å². The monoisotopic (exact) mass is 210 g/mol. The first-order valence-electron chi connectivity index (χ1n) is 5.04. The number of hydrogen-bond acceptors (Lipinski definition) is 4. The third kappa shape index (κ3) is 2.15. The highest BCUT2D eigenvalue weighted by Gasteiger charge is 2.21. The lowest BCUT2D eigenvalue weighted by molar-refractivity contribution is -0.385. The zero-order chi connectivity index (χ0) is 10.8. The number of likely N-dealkylation sites (N-methyl/N-ethyl adjacent to an activating group) is 1. The topological polar surface area (TPSA) is 64.2 Å². The van der Waals surface area contributed by atoms with Crippen LogP contribution in [0.15, 0.2) is 12.4 Å². The first-order chi connectivity index (χ1) is 7.16. The Balaban J connectivity index is 2.11. The molecule has 2 heterocycles. The second-order valence-corrected chi connectivity index (χ2v) is 3.99. The number of piperidine rings is 1. The molecule has 1 aliphatic rings. The third-order valence-electron chi connectivity index (χ3n) is 2.77. The molecule has 1 aromatic rings. The molecule has 0 aliphatic carbocycles. The van der Waals surface area contributed by atoms with Gasteiger partial charge in [-0.15, -0.1) is 0 Å². The van der Waals surface area contributed by atoms with Crippen molar-refractivity contribution in [3.05, 3.63) is 22.5 Å². The number of rotatable bonds is 2. The van der Waals surface area contributed by atoms with E-state index in [1.807, 2.05) is 0 Å². The van der Waals surface area contributed by atoms with E-state index in [4.69, 9.17) is 0 Å². The van der Waals surface area contributed by atoms with Crippen LogP contribution in [-0.4, -0.2) is 39.7 Å². The van der Waals surface area contributed by atoms with E-state index in [-0.39, 0.29) is 11.7 Å². The maximum atomic E-state index is 10.5. The molecule has 1 fully saturated rings. The summed E-state index contributed by atoms with van der Waals surface area (Å²) < 4.78 is 1.72. The molecule has 1 saturated heterocycles. The number of likely N-dealkylation sites (tertiary alicyclic amines) is 1. The highest BCUT2D eigenvalue weighted by molar-refractivity contribution is 5.21. The molecule has 1 atom stereocenters. The van der Waals surface area contributed by atoms with Gasteiger partial charge in [-0.2, -0.15) is 5.10 Å². The predicted octanol–water partition coefficient (Wildman–Crippen LogP) is 1.06. The van der Waals surface area contributed by atoms with Gasteiger partial charge in [0.2, 0.25) is 0 Å². The van der Waals surface area contributed by atoms with Crippen LogP contribution in [0.25, 0.3) is 0 Å².